The van der Waals surface area contributed by atoms with Crippen molar-refractivity contribution in [2.24, 2.45) is 5.92 Å². The van der Waals surface area contributed by atoms with E-state index in [4.69, 9.17) is 4.74 Å². The van der Waals surface area contributed by atoms with E-state index in [1.54, 1.807) is 12.4 Å². The zero-order valence-corrected chi connectivity index (χ0v) is 12.5. The van der Waals surface area contributed by atoms with Gasteiger partial charge in [0.25, 0.3) is 0 Å². The molecule has 2 aliphatic rings. The molecule has 0 N–H and O–H groups in total. The zero-order chi connectivity index (χ0) is 14.2. The molecular formula is C14H20N2O3S. The molecule has 0 saturated carbocycles. The molecule has 0 radical (unpaired) electrons. The number of hydrogen-bond acceptors (Lipinski definition) is 5. The number of pyridine rings is 1. The van der Waals surface area contributed by atoms with Crippen molar-refractivity contribution in [1.29, 1.82) is 0 Å². The van der Waals surface area contributed by atoms with Gasteiger partial charge in [0.1, 0.15) is 4.75 Å². The van der Waals surface area contributed by atoms with Gasteiger partial charge in [-0.05, 0) is 25.1 Å². The maximum atomic E-state index is 12.3. The Morgan fingerprint density at radius 1 is 1.50 bits per heavy atom. The predicted molar refractivity (Wildman–Crippen MR) is 76.0 cm³/mol. The molecule has 0 aromatic carbocycles. The van der Waals surface area contributed by atoms with Crippen LogP contribution in [0.5, 0.6) is 0 Å². The lowest BCUT2D eigenvalue weighted by Gasteiger charge is -2.48. The van der Waals surface area contributed by atoms with Crippen LogP contribution in [-0.4, -0.2) is 55.5 Å². The highest BCUT2D eigenvalue weighted by molar-refractivity contribution is 7.93. The molecule has 3 heterocycles. The Kier molecular flexibility index (Phi) is 3.56. The van der Waals surface area contributed by atoms with Crippen LogP contribution in [-0.2, 0) is 21.2 Å². The minimum absolute atomic E-state index is 0.125. The van der Waals surface area contributed by atoms with Gasteiger partial charge in [0.2, 0.25) is 0 Å². The summed E-state index contributed by atoms with van der Waals surface area (Å²) >= 11 is 0. The highest BCUT2D eigenvalue weighted by Crippen LogP contribution is 2.44. The van der Waals surface area contributed by atoms with Crippen LogP contribution >= 0.6 is 0 Å². The molecule has 2 aliphatic heterocycles. The Hall–Kier alpha value is -0.980. The maximum absolute atomic E-state index is 12.3. The Morgan fingerprint density at radius 2 is 2.30 bits per heavy atom. The molecule has 5 nitrogen and oxygen atoms in total. The molecule has 20 heavy (non-hydrogen) atoms. The second-order valence-electron chi connectivity index (χ2n) is 5.92. The molecule has 1 spiro atoms. The molecule has 0 aliphatic carbocycles. The van der Waals surface area contributed by atoms with E-state index in [-0.39, 0.29) is 5.92 Å². The van der Waals surface area contributed by atoms with Crippen molar-refractivity contribution in [2.75, 3.05) is 32.5 Å². The SMILES string of the molecule is CN1CC2(C1)[C@@H](COCc1cccnc1)CCS2(=O)=O. The molecule has 1 aromatic rings. The number of sulfone groups is 1. The summed E-state index contributed by atoms with van der Waals surface area (Å²) in [5.41, 5.74) is 1.02. The summed E-state index contributed by atoms with van der Waals surface area (Å²) in [5, 5.41) is 0. The van der Waals surface area contributed by atoms with Crippen molar-refractivity contribution in [2.45, 2.75) is 17.8 Å². The average Bonchev–Trinajstić information content (AvgIpc) is 2.64. The zero-order valence-electron chi connectivity index (χ0n) is 11.7. The van der Waals surface area contributed by atoms with E-state index in [9.17, 15) is 8.42 Å². The van der Waals surface area contributed by atoms with E-state index in [2.05, 4.69) is 9.88 Å². The van der Waals surface area contributed by atoms with Gasteiger partial charge >= 0.3 is 0 Å². The molecule has 0 amide bonds. The second-order valence-corrected chi connectivity index (χ2v) is 8.37. The first-order valence-corrected chi connectivity index (χ1v) is 8.56. The normalized spacial score (nSPS) is 27.6. The van der Waals surface area contributed by atoms with Gasteiger partial charge in [0.05, 0.1) is 19.0 Å². The van der Waals surface area contributed by atoms with E-state index in [1.807, 2.05) is 19.2 Å². The summed E-state index contributed by atoms with van der Waals surface area (Å²) in [6.45, 7) is 2.31. The minimum Gasteiger partial charge on any atom is -0.376 e. The average molecular weight is 296 g/mol. The minimum atomic E-state index is -2.96. The first kappa shape index (κ1) is 14.0. The van der Waals surface area contributed by atoms with Crippen molar-refractivity contribution < 1.29 is 13.2 Å². The third-order valence-electron chi connectivity index (χ3n) is 4.48. The molecule has 2 saturated heterocycles. The van der Waals surface area contributed by atoms with E-state index in [1.165, 1.54) is 0 Å². The number of ether oxygens (including phenoxy) is 1. The molecule has 110 valence electrons. The molecular weight excluding hydrogens is 276 g/mol. The summed E-state index contributed by atoms with van der Waals surface area (Å²) < 4.78 is 29.7. The summed E-state index contributed by atoms with van der Waals surface area (Å²) in [7, 11) is -0.996. The summed E-state index contributed by atoms with van der Waals surface area (Å²) in [4.78, 5) is 6.11. The first-order chi connectivity index (χ1) is 9.53. The topological polar surface area (TPSA) is 59.5 Å². The third-order valence-corrected chi connectivity index (χ3v) is 7.09. The van der Waals surface area contributed by atoms with E-state index < -0.39 is 14.6 Å². The van der Waals surface area contributed by atoms with Gasteiger partial charge < -0.3 is 9.64 Å². The van der Waals surface area contributed by atoms with E-state index in [0.717, 1.165) is 12.0 Å². The van der Waals surface area contributed by atoms with Gasteiger partial charge in [-0.1, -0.05) is 6.07 Å². The fourth-order valence-electron chi connectivity index (χ4n) is 3.38. The second kappa shape index (κ2) is 5.09. The van der Waals surface area contributed by atoms with Crippen LogP contribution in [0.2, 0.25) is 0 Å². The van der Waals surface area contributed by atoms with Gasteiger partial charge in [-0.3, -0.25) is 4.98 Å². The van der Waals surface area contributed by atoms with Crippen LogP contribution in [0.25, 0.3) is 0 Å². The number of nitrogens with zero attached hydrogens (tertiary/aromatic N) is 2. The van der Waals surface area contributed by atoms with Gasteiger partial charge in [-0.2, -0.15) is 0 Å². The number of likely N-dealkylation sites (tertiary alicyclic amines) is 1. The Balaban J connectivity index is 1.61. The van der Waals surface area contributed by atoms with Gasteiger partial charge in [-0.15, -0.1) is 0 Å². The van der Waals surface area contributed by atoms with Crippen LogP contribution < -0.4 is 0 Å². The van der Waals surface area contributed by atoms with Crippen LogP contribution in [0.3, 0.4) is 0 Å². The van der Waals surface area contributed by atoms with Crippen molar-refractivity contribution in [1.82, 2.24) is 9.88 Å². The Morgan fingerprint density at radius 3 is 2.95 bits per heavy atom. The lowest BCUT2D eigenvalue weighted by Crippen LogP contribution is -2.66. The first-order valence-electron chi connectivity index (χ1n) is 6.91. The molecule has 1 atom stereocenters. The molecule has 1 aromatic heterocycles. The fraction of sp³-hybridized carbons (Fsp3) is 0.643. The Labute approximate surface area is 119 Å². The molecule has 0 unspecified atom stereocenters. The molecule has 0 bridgehead atoms. The van der Waals surface area contributed by atoms with E-state index >= 15 is 0 Å². The standard InChI is InChI=1S/C14H20N2O3S/c1-16-10-14(11-16)13(4-6-20(14,17)18)9-19-8-12-3-2-5-15-7-12/h2-3,5,7,13H,4,6,8-11H2,1H3/t13-/m1/s1. The summed E-state index contributed by atoms with van der Waals surface area (Å²) in [6, 6.07) is 3.84. The lowest BCUT2D eigenvalue weighted by molar-refractivity contribution is 0.0334. The van der Waals surface area contributed by atoms with Crippen molar-refractivity contribution in [3.63, 3.8) is 0 Å². The van der Waals surface area contributed by atoms with Crippen LogP contribution in [0.4, 0.5) is 0 Å². The van der Waals surface area contributed by atoms with Crippen LogP contribution in [0, 0.1) is 5.92 Å². The van der Waals surface area contributed by atoms with Gasteiger partial charge in [-0.25, -0.2) is 8.42 Å². The van der Waals surface area contributed by atoms with Crippen molar-refractivity contribution in [3.8, 4) is 0 Å². The quantitative estimate of drug-likeness (QED) is 0.819. The van der Waals surface area contributed by atoms with Gasteiger partial charge in [0, 0.05) is 31.4 Å². The number of aromatic nitrogens is 1. The Bertz CT molecular complexity index is 567. The monoisotopic (exact) mass is 296 g/mol. The fourth-order valence-corrected chi connectivity index (χ4v) is 5.91. The van der Waals surface area contributed by atoms with E-state index in [0.29, 0.717) is 32.1 Å². The maximum Gasteiger partial charge on any atom is 0.158 e. The predicted octanol–water partition coefficient (Wildman–Crippen LogP) is 0.717. The lowest BCUT2D eigenvalue weighted by atomic mass is 9.84. The smallest absolute Gasteiger partial charge is 0.158 e. The van der Waals surface area contributed by atoms with Crippen LogP contribution in [0.15, 0.2) is 24.5 Å². The molecule has 6 heteroatoms. The van der Waals surface area contributed by atoms with Crippen molar-refractivity contribution >= 4 is 9.84 Å². The molecule has 2 fully saturated rings. The highest BCUT2D eigenvalue weighted by Gasteiger charge is 2.60. The number of hydrogen-bond donors (Lipinski definition) is 0. The molecule has 3 rings (SSSR count). The van der Waals surface area contributed by atoms with Gasteiger partial charge in [0.15, 0.2) is 9.84 Å². The third kappa shape index (κ3) is 2.25. The number of rotatable bonds is 4. The largest absolute Gasteiger partial charge is 0.376 e. The summed E-state index contributed by atoms with van der Waals surface area (Å²) in [6.07, 6.45) is 4.23. The van der Waals surface area contributed by atoms with Crippen molar-refractivity contribution in [3.05, 3.63) is 30.1 Å². The van der Waals surface area contributed by atoms with Crippen LogP contribution in [0.1, 0.15) is 12.0 Å². The summed E-state index contributed by atoms with van der Waals surface area (Å²) in [5.74, 6) is 0.433. The highest BCUT2D eigenvalue weighted by atomic mass is 32.2.